The van der Waals surface area contributed by atoms with Crippen LogP contribution in [0.4, 0.5) is 13.2 Å². The van der Waals surface area contributed by atoms with Crippen LogP contribution < -0.4 is 11.1 Å². The summed E-state index contributed by atoms with van der Waals surface area (Å²) in [6, 6.07) is 9.28. The van der Waals surface area contributed by atoms with Gasteiger partial charge in [0.25, 0.3) is 0 Å². The average molecular weight is 486 g/mol. The van der Waals surface area contributed by atoms with Gasteiger partial charge in [-0.1, -0.05) is 30.9 Å². The highest BCUT2D eigenvalue weighted by atomic mass is 19.4. The first-order valence-electron chi connectivity index (χ1n) is 11.7. The molecule has 1 fully saturated rings. The Morgan fingerprint density at radius 3 is 2.69 bits per heavy atom. The van der Waals surface area contributed by atoms with Gasteiger partial charge in [-0.2, -0.15) is 18.4 Å². The van der Waals surface area contributed by atoms with Crippen LogP contribution in [0.25, 0.3) is 5.57 Å². The van der Waals surface area contributed by atoms with Crippen LogP contribution in [0.15, 0.2) is 59.6 Å². The molecule has 0 amide bonds. The molecule has 1 unspecified atom stereocenters. The number of nitrogens with two attached hydrogens (primary N) is 1. The van der Waals surface area contributed by atoms with E-state index in [-0.39, 0.29) is 12.0 Å². The number of aliphatic imine (C=N–C) groups is 1. The lowest BCUT2D eigenvalue weighted by Crippen LogP contribution is -2.53. The van der Waals surface area contributed by atoms with Crippen molar-refractivity contribution in [3.63, 3.8) is 0 Å². The van der Waals surface area contributed by atoms with Crippen LogP contribution >= 0.6 is 0 Å². The first kappa shape index (κ1) is 25.0. The maximum atomic E-state index is 12.7. The maximum Gasteiger partial charge on any atom is 0.401 e. The molecule has 186 valence electrons. The van der Waals surface area contributed by atoms with Crippen LogP contribution in [0.5, 0.6) is 0 Å². The van der Waals surface area contributed by atoms with Crippen molar-refractivity contribution in [1.29, 1.82) is 5.26 Å². The van der Waals surface area contributed by atoms with Crippen LogP contribution in [0.2, 0.25) is 0 Å². The zero-order valence-electron chi connectivity index (χ0n) is 19.7. The van der Waals surface area contributed by atoms with Gasteiger partial charge in [-0.05, 0) is 67.9 Å². The number of nitriles is 1. The highest BCUT2D eigenvalue weighted by molar-refractivity contribution is 5.81. The van der Waals surface area contributed by atoms with Crippen molar-refractivity contribution >= 4 is 11.5 Å². The van der Waals surface area contributed by atoms with Crippen LogP contribution in [-0.4, -0.2) is 42.6 Å². The van der Waals surface area contributed by atoms with E-state index < -0.39 is 23.9 Å². The van der Waals surface area contributed by atoms with Crippen LogP contribution in [0.3, 0.4) is 0 Å². The number of hydrogen-bond donors (Lipinski definition) is 2. The topological polar surface area (TPSA) is 86.7 Å². The molecule has 4 rings (SSSR count). The number of fused-ring (bicyclic) bond motifs is 1. The molecule has 3 aliphatic rings. The van der Waals surface area contributed by atoms with Crippen molar-refractivity contribution in [3.05, 3.63) is 65.8 Å². The molecule has 2 aliphatic carbocycles. The summed E-state index contributed by atoms with van der Waals surface area (Å²) in [5, 5.41) is 13.4. The fourth-order valence-corrected chi connectivity index (χ4v) is 5.43. The first-order chi connectivity index (χ1) is 16.6. The number of nitrogens with zero attached hydrogens (tertiary/aromatic N) is 3. The van der Waals surface area contributed by atoms with Crippen molar-refractivity contribution in [2.24, 2.45) is 16.1 Å². The Kier molecular flexibility index (Phi) is 6.80. The SMILES string of the molecule is C=C1/C=C(c2cccc(C#N)c2)\C=C/CCC2(CCC(NCC(F)(F)F)CC2)C12N=C(N)N(C)O2. The third-order valence-electron chi connectivity index (χ3n) is 7.29. The van der Waals surface area contributed by atoms with Gasteiger partial charge in [0, 0.05) is 24.1 Å². The monoisotopic (exact) mass is 485 g/mol. The summed E-state index contributed by atoms with van der Waals surface area (Å²) in [6.45, 7) is 3.37. The first-order valence-corrected chi connectivity index (χ1v) is 11.7. The van der Waals surface area contributed by atoms with Crippen LogP contribution in [-0.2, 0) is 4.84 Å². The molecule has 6 nitrogen and oxygen atoms in total. The standard InChI is InChI=1S/C26H30F3N5O/c1-18-14-20(21-8-5-6-19(15-21)16-30)7-3-4-11-24(26(18)33-23(31)34(2)35-26)12-9-22(10-13-24)32-17-25(27,28)29/h3,5-8,14-15,22,32H,1,4,9-13,17H2,2H3,(H2,31,33)/b7-3-,20-14+. The average Bonchev–Trinajstić information content (AvgIpc) is 3.16. The lowest BCUT2D eigenvalue weighted by molar-refractivity contribution is -0.210. The van der Waals surface area contributed by atoms with E-state index in [1.54, 1.807) is 13.1 Å². The second-order valence-corrected chi connectivity index (χ2v) is 9.51. The van der Waals surface area contributed by atoms with Gasteiger partial charge in [-0.15, -0.1) is 0 Å². The Hall–Kier alpha value is -3.09. The van der Waals surface area contributed by atoms with Crippen molar-refractivity contribution in [2.45, 2.75) is 56.5 Å². The van der Waals surface area contributed by atoms with Crippen molar-refractivity contribution in [3.8, 4) is 6.07 Å². The fourth-order valence-electron chi connectivity index (χ4n) is 5.43. The number of benzene rings is 1. The number of alkyl halides is 3. The summed E-state index contributed by atoms with van der Waals surface area (Å²) in [5.74, 6) is 0.233. The molecule has 9 heteroatoms. The smallest absolute Gasteiger partial charge is 0.368 e. The largest absolute Gasteiger partial charge is 0.401 e. The molecule has 2 spiro atoms. The Balaban J connectivity index is 1.69. The van der Waals surface area contributed by atoms with Gasteiger partial charge in [0.2, 0.25) is 11.7 Å². The van der Waals surface area contributed by atoms with E-state index in [1.165, 1.54) is 5.06 Å². The number of hydroxylamine groups is 2. The lowest BCUT2D eigenvalue weighted by Gasteiger charge is -2.49. The van der Waals surface area contributed by atoms with E-state index >= 15 is 0 Å². The lowest BCUT2D eigenvalue weighted by atomic mass is 9.61. The molecule has 0 bridgehead atoms. The van der Waals surface area contributed by atoms with Crippen LogP contribution in [0.1, 0.15) is 49.7 Å². The predicted octanol–water partition coefficient (Wildman–Crippen LogP) is 4.82. The summed E-state index contributed by atoms with van der Waals surface area (Å²) in [4.78, 5) is 11.2. The molecule has 0 radical (unpaired) electrons. The van der Waals surface area contributed by atoms with E-state index in [9.17, 15) is 18.4 Å². The molecular formula is C26H30F3N5O. The number of allylic oxidation sites excluding steroid dienone is 3. The quantitative estimate of drug-likeness (QED) is 0.641. The molecule has 1 aromatic carbocycles. The zero-order chi connectivity index (χ0) is 25.3. The second kappa shape index (κ2) is 9.51. The summed E-state index contributed by atoms with van der Waals surface area (Å²) in [5.41, 5.74) is 7.44. The molecule has 35 heavy (non-hydrogen) atoms. The van der Waals surface area contributed by atoms with Crippen molar-refractivity contribution in [2.75, 3.05) is 13.6 Å². The van der Waals surface area contributed by atoms with Gasteiger partial charge in [0.1, 0.15) is 0 Å². The molecule has 3 N–H and O–H groups in total. The van der Waals surface area contributed by atoms with Gasteiger partial charge < -0.3 is 11.1 Å². The van der Waals surface area contributed by atoms with E-state index in [0.29, 0.717) is 36.8 Å². The third kappa shape index (κ3) is 5.00. The summed E-state index contributed by atoms with van der Waals surface area (Å²) < 4.78 is 38.2. The van der Waals surface area contributed by atoms with E-state index in [2.05, 4.69) is 24.0 Å². The Bertz CT molecular complexity index is 1110. The minimum Gasteiger partial charge on any atom is -0.368 e. The van der Waals surface area contributed by atoms with E-state index in [1.807, 2.05) is 30.4 Å². The third-order valence-corrected chi connectivity index (χ3v) is 7.29. The van der Waals surface area contributed by atoms with Gasteiger partial charge in [-0.25, -0.2) is 14.9 Å². The van der Waals surface area contributed by atoms with Crippen molar-refractivity contribution < 1.29 is 18.0 Å². The summed E-state index contributed by atoms with van der Waals surface area (Å²) in [6.07, 6.45) is 5.59. The van der Waals surface area contributed by atoms with Gasteiger partial charge in [0.05, 0.1) is 18.2 Å². The van der Waals surface area contributed by atoms with Crippen LogP contribution in [0, 0.1) is 16.7 Å². The predicted molar refractivity (Wildman–Crippen MR) is 129 cm³/mol. The Labute approximate surface area is 203 Å². The number of nitrogens with one attached hydrogen (secondary N) is 1. The number of halogens is 3. The maximum absolute atomic E-state index is 12.7. The Morgan fingerprint density at radius 2 is 2.06 bits per heavy atom. The van der Waals surface area contributed by atoms with Gasteiger partial charge in [0.15, 0.2) is 0 Å². The molecule has 0 saturated heterocycles. The molecule has 1 atom stereocenters. The highest BCUT2D eigenvalue weighted by Gasteiger charge is 2.58. The van der Waals surface area contributed by atoms with E-state index in [4.69, 9.17) is 15.6 Å². The minimum absolute atomic E-state index is 0.226. The fraction of sp³-hybridized carbons (Fsp3) is 0.462. The number of hydrogen-bond acceptors (Lipinski definition) is 6. The zero-order valence-corrected chi connectivity index (χ0v) is 19.7. The molecule has 1 heterocycles. The number of guanidine groups is 1. The molecular weight excluding hydrogens is 455 g/mol. The molecule has 0 aromatic heterocycles. The summed E-state index contributed by atoms with van der Waals surface area (Å²) >= 11 is 0. The molecule has 1 aromatic rings. The highest BCUT2D eigenvalue weighted by Crippen LogP contribution is 2.56. The van der Waals surface area contributed by atoms with Crippen molar-refractivity contribution in [1.82, 2.24) is 10.4 Å². The molecule has 1 aliphatic heterocycles. The minimum atomic E-state index is -4.24. The second-order valence-electron chi connectivity index (χ2n) is 9.51. The van der Waals surface area contributed by atoms with E-state index in [0.717, 1.165) is 24.0 Å². The number of rotatable bonds is 3. The Morgan fingerprint density at radius 1 is 1.31 bits per heavy atom. The normalized spacial score (nSPS) is 31.8. The van der Waals surface area contributed by atoms with Gasteiger partial charge in [-0.3, -0.25) is 0 Å². The summed E-state index contributed by atoms with van der Waals surface area (Å²) in [7, 11) is 1.69. The van der Waals surface area contributed by atoms with Gasteiger partial charge >= 0.3 is 6.18 Å². The molecule has 1 saturated carbocycles.